The smallest absolute Gasteiger partial charge is 0.307 e. The van der Waals surface area contributed by atoms with Crippen molar-refractivity contribution in [2.24, 2.45) is 5.10 Å². The van der Waals surface area contributed by atoms with E-state index >= 15 is 0 Å². The molecule has 0 aliphatic carbocycles. The zero-order chi connectivity index (χ0) is 21.3. The SMILES string of the molecule is C/C(=N/NC(=O)c1ccc(COc2ccccc2)o1)c1ccc(OCC(=O)[O-])cc1. The molecule has 0 bridgehead atoms. The largest absolute Gasteiger partial charge is 0.546 e. The number of furan rings is 1. The molecule has 30 heavy (non-hydrogen) atoms. The summed E-state index contributed by atoms with van der Waals surface area (Å²) in [6, 6.07) is 19.1. The number of carbonyl (C=O) groups is 2. The molecule has 0 fully saturated rings. The maximum Gasteiger partial charge on any atom is 0.307 e. The normalized spacial score (nSPS) is 11.0. The second-order valence-corrected chi connectivity index (χ2v) is 6.19. The van der Waals surface area contributed by atoms with Gasteiger partial charge < -0.3 is 23.8 Å². The average molecular weight is 407 g/mol. The van der Waals surface area contributed by atoms with Gasteiger partial charge >= 0.3 is 5.91 Å². The number of nitrogens with one attached hydrogen (secondary N) is 1. The first-order chi connectivity index (χ1) is 14.5. The lowest BCUT2D eigenvalue weighted by Gasteiger charge is -2.07. The first-order valence-corrected chi connectivity index (χ1v) is 9.05. The van der Waals surface area contributed by atoms with Crippen LogP contribution >= 0.6 is 0 Å². The molecule has 1 N–H and O–H groups in total. The van der Waals surface area contributed by atoms with Crippen LogP contribution in [0, 0.1) is 0 Å². The van der Waals surface area contributed by atoms with Gasteiger partial charge in [0.05, 0.1) is 11.7 Å². The number of rotatable bonds is 9. The molecule has 154 valence electrons. The molecule has 8 heteroatoms. The number of para-hydroxylation sites is 1. The molecule has 2 aromatic carbocycles. The van der Waals surface area contributed by atoms with Gasteiger partial charge in [-0.15, -0.1) is 0 Å². The van der Waals surface area contributed by atoms with Crippen molar-refractivity contribution in [3.63, 3.8) is 0 Å². The monoisotopic (exact) mass is 407 g/mol. The summed E-state index contributed by atoms with van der Waals surface area (Å²) >= 11 is 0. The van der Waals surface area contributed by atoms with Gasteiger partial charge in [-0.2, -0.15) is 5.10 Å². The third kappa shape index (κ3) is 5.96. The molecule has 1 amide bonds. The lowest BCUT2D eigenvalue weighted by molar-refractivity contribution is -0.307. The lowest BCUT2D eigenvalue weighted by atomic mass is 10.1. The highest BCUT2D eigenvalue weighted by Gasteiger charge is 2.11. The predicted octanol–water partition coefficient (Wildman–Crippen LogP) is 2.14. The van der Waals surface area contributed by atoms with E-state index in [2.05, 4.69) is 10.5 Å². The summed E-state index contributed by atoms with van der Waals surface area (Å²) in [4.78, 5) is 22.6. The molecule has 0 aliphatic rings. The highest BCUT2D eigenvalue weighted by atomic mass is 16.5. The van der Waals surface area contributed by atoms with Gasteiger partial charge in [-0.3, -0.25) is 4.79 Å². The minimum absolute atomic E-state index is 0.115. The number of amides is 1. The minimum atomic E-state index is -1.30. The van der Waals surface area contributed by atoms with Crippen molar-refractivity contribution >= 4 is 17.6 Å². The molecule has 0 unspecified atom stereocenters. The second-order valence-electron chi connectivity index (χ2n) is 6.19. The van der Waals surface area contributed by atoms with E-state index in [0.29, 0.717) is 23.0 Å². The average Bonchev–Trinajstić information content (AvgIpc) is 3.24. The van der Waals surface area contributed by atoms with Crippen molar-refractivity contribution in [3.05, 3.63) is 83.8 Å². The fraction of sp³-hybridized carbons (Fsp3) is 0.136. The maximum atomic E-state index is 12.2. The molecule has 0 radical (unpaired) electrons. The van der Waals surface area contributed by atoms with Crippen LogP contribution in [0.1, 0.15) is 28.8 Å². The fourth-order valence-electron chi connectivity index (χ4n) is 2.44. The van der Waals surface area contributed by atoms with Crippen molar-refractivity contribution in [1.29, 1.82) is 0 Å². The standard InChI is InChI=1S/C22H20N2O6/c1-15(16-7-9-18(10-8-16)29-14-21(25)26)23-24-22(27)20-12-11-19(30-20)13-28-17-5-3-2-4-6-17/h2-12H,13-14H2,1H3,(H,24,27)(H,25,26)/p-1/b23-15-. The Bertz CT molecular complexity index is 1030. The van der Waals surface area contributed by atoms with E-state index in [4.69, 9.17) is 13.9 Å². The van der Waals surface area contributed by atoms with Crippen LogP contribution in [0.5, 0.6) is 11.5 Å². The number of aliphatic carboxylic acids is 1. The van der Waals surface area contributed by atoms with Crippen LogP contribution in [0.25, 0.3) is 0 Å². The van der Waals surface area contributed by atoms with E-state index in [1.807, 2.05) is 30.3 Å². The minimum Gasteiger partial charge on any atom is -0.546 e. The van der Waals surface area contributed by atoms with Crippen molar-refractivity contribution in [2.75, 3.05) is 6.61 Å². The number of carboxylic acids is 1. The van der Waals surface area contributed by atoms with E-state index in [1.165, 1.54) is 0 Å². The zero-order valence-electron chi connectivity index (χ0n) is 16.2. The lowest BCUT2D eigenvalue weighted by Crippen LogP contribution is -2.28. The molecule has 1 aromatic heterocycles. The Hall–Kier alpha value is -4.07. The van der Waals surface area contributed by atoms with Crippen molar-refractivity contribution in [2.45, 2.75) is 13.5 Å². The number of nitrogens with zero attached hydrogens (tertiary/aromatic N) is 1. The number of ether oxygens (including phenoxy) is 2. The van der Waals surface area contributed by atoms with Crippen LogP contribution in [-0.2, 0) is 11.4 Å². The summed E-state index contributed by atoms with van der Waals surface area (Å²) in [5.41, 5.74) is 3.72. The molecule has 3 aromatic rings. The highest BCUT2D eigenvalue weighted by Crippen LogP contribution is 2.15. The Balaban J connectivity index is 1.53. The highest BCUT2D eigenvalue weighted by molar-refractivity contribution is 6.00. The van der Waals surface area contributed by atoms with Gasteiger partial charge in [0.25, 0.3) is 0 Å². The van der Waals surface area contributed by atoms with E-state index in [9.17, 15) is 14.7 Å². The van der Waals surface area contributed by atoms with E-state index in [1.54, 1.807) is 43.3 Å². The van der Waals surface area contributed by atoms with Crippen LogP contribution in [0.2, 0.25) is 0 Å². The third-order valence-corrected chi connectivity index (χ3v) is 3.96. The number of hydrazone groups is 1. The predicted molar refractivity (Wildman–Crippen MR) is 106 cm³/mol. The van der Waals surface area contributed by atoms with Crippen LogP contribution in [0.15, 0.2) is 76.2 Å². The molecule has 0 saturated heterocycles. The van der Waals surface area contributed by atoms with E-state index < -0.39 is 18.5 Å². The molecule has 0 spiro atoms. The van der Waals surface area contributed by atoms with Crippen molar-refractivity contribution in [3.8, 4) is 11.5 Å². The Labute approximate surface area is 172 Å². The Morgan fingerprint density at radius 2 is 1.67 bits per heavy atom. The summed E-state index contributed by atoms with van der Waals surface area (Å²) < 4.78 is 16.1. The number of benzene rings is 2. The van der Waals surface area contributed by atoms with Gasteiger partial charge in [0.1, 0.15) is 30.5 Å². The Morgan fingerprint density at radius 3 is 2.37 bits per heavy atom. The number of hydrogen-bond acceptors (Lipinski definition) is 7. The first-order valence-electron chi connectivity index (χ1n) is 9.05. The van der Waals surface area contributed by atoms with Gasteiger partial charge in [0, 0.05) is 0 Å². The third-order valence-electron chi connectivity index (χ3n) is 3.96. The molecular formula is C22H19N2O6-. The second kappa shape index (κ2) is 9.92. The Kier molecular flexibility index (Phi) is 6.83. The van der Waals surface area contributed by atoms with Crippen LogP contribution < -0.4 is 20.0 Å². The summed E-state index contributed by atoms with van der Waals surface area (Å²) in [6.45, 7) is 1.40. The van der Waals surface area contributed by atoms with Crippen molar-refractivity contribution < 1.29 is 28.6 Å². The van der Waals surface area contributed by atoms with E-state index in [0.717, 1.165) is 5.56 Å². The Morgan fingerprint density at radius 1 is 0.967 bits per heavy atom. The van der Waals surface area contributed by atoms with Gasteiger partial charge in [-0.1, -0.05) is 18.2 Å². The van der Waals surface area contributed by atoms with E-state index in [-0.39, 0.29) is 12.4 Å². The maximum absolute atomic E-state index is 12.2. The van der Waals surface area contributed by atoms with Gasteiger partial charge in [0.15, 0.2) is 5.76 Å². The molecule has 0 saturated carbocycles. The van der Waals surface area contributed by atoms with Crippen LogP contribution in [-0.4, -0.2) is 24.2 Å². The molecule has 1 heterocycles. The van der Waals surface area contributed by atoms with Crippen LogP contribution in [0.3, 0.4) is 0 Å². The quantitative estimate of drug-likeness (QED) is 0.429. The summed E-state index contributed by atoms with van der Waals surface area (Å²) in [6.07, 6.45) is 0. The number of carboxylic acid groups (broad SMARTS) is 1. The van der Waals surface area contributed by atoms with Gasteiger partial charge in [-0.05, 0) is 61.0 Å². The first kappa shape index (κ1) is 20.7. The summed E-state index contributed by atoms with van der Waals surface area (Å²) in [5, 5.41) is 14.5. The molecule has 0 atom stereocenters. The van der Waals surface area contributed by atoms with Gasteiger partial charge in [0.2, 0.25) is 0 Å². The number of hydrogen-bond donors (Lipinski definition) is 1. The topological polar surface area (TPSA) is 113 Å². The van der Waals surface area contributed by atoms with Gasteiger partial charge in [-0.25, -0.2) is 5.43 Å². The summed E-state index contributed by atoms with van der Waals surface area (Å²) in [7, 11) is 0. The fourth-order valence-corrected chi connectivity index (χ4v) is 2.44. The molecule has 8 nitrogen and oxygen atoms in total. The van der Waals surface area contributed by atoms with Crippen molar-refractivity contribution in [1.82, 2.24) is 5.43 Å². The van der Waals surface area contributed by atoms with Crippen LogP contribution in [0.4, 0.5) is 0 Å². The molecule has 0 aliphatic heterocycles. The summed E-state index contributed by atoms with van der Waals surface area (Å²) in [5.74, 6) is -0.0700. The molecule has 3 rings (SSSR count). The molecular weight excluding hydrogens is 388 g/mol. The zero-order valence-corrected chi connectivity index (χ0v) is 16.2. The number of carbonyl (C=O) groups excluding carboxylic acids is 2.